The van der Waals surface area contributed by atoms with Crippen LogP contribution in [-0.4, -0.2) is 19.4 Å². The van der Waals surface area contributed by atoms with Gasteiger partial charge >= 0.3 is 5.97 Å². The van der Waals surface area contributed by atoms with E-state index in [0.717, 1.165) is 12.4 Å². The number of hydrogen-bond acceptors (Lipinski definition) is 4. The van der Waals surface area contributed by atoms with Gasteiger partial charge in [0.05, 0.1) is 12.7 Å². The van der Waals surface area contributed by atoms with Crippen molar-refractivity contribution < 1.29 is 23.5 Å². The highest BCUT2D eigenvalue weighted by Gasteiger charge is 2.13. The molecule has 0 unspecified atom stereocenters. The van der Waals surface area contributed by atoms with E-state index in [1.165, 1.54) is 19.2 Å². The molecule has 0 N–H and O–H groups in total. The summed E-state index contributed by atoms with van der Waals surface area (Å²) in [6, 6.07) is 10.4. The first-order valence-corrected chi connectivity index (χ1v) is 6.19. The summed E-state index contributed by atoms with van der Waals surface area (Å²) in [5, 5.41) is 0. The molecule has 4 nitrogen and oxygen atoms in total. The maximum Gasteiger partial charge on any atom is 0.338 e. The van der Waals surface area contributed by atoms with Gasteiger partial charge in [0.2, 0.25) is 0 Å². The number of hydrogen-bond donors (Lipinski definition) is 0. The predicted octanol–water partition coefficient (Wildman–Crippen LogP) is 3.00. The standard InChI is InChI=1S/C16H13FO4/c1-20-16(19)15-8-13(17)5-4-12(15)10-21-14-6-2-11(9-18)3-7-14/h2-9H,10H2,1H3. The second kappa shape index (κ2) is 6.65. The van der Waals surface area contributed by atoms with Crippen LogP contribution in [0.25, 0.3) is 0 Å². The largest absolute Gasteiger partial charge is 0.489 e. The lowest BCUT2D eigenvalue weighted by Gasteiger charge is -2.10. The number of rotatable bonds is 5. The zero-order valence-electron chi connectivity index (χ0n) is 11.3. The molecule has 2 rings (SSSR count). The maximum absolute atomic E-state index is 13.2. The summed E-state index contributed by atoms with van der Waals surface area (Å²) in [7, 11) is 1.23. The number of carbonyl (C=O) groups is 2. The molecular formula is C16H13FO4. The third-order valence-electron chi connectivity index (χ3n) is 2.89. The second-order valence-corrected chi connectivity index (χ2v) is 4.27. The van der Waals surface area contributed by atoms with Gasteiger partial charge in [-0.25, -0.2) is 9.18 Å². The van der Waals surface area contributed by atoms with Crippen LogP contribution in [0.15, 0.2) is 42.5 Å². The molecule has 0 heterocycles. The van der Waals surface area contributed by atoms with Crippen LogP contribution in [0.1, 0.15) is 26.3 Å². The first kappa shape index (κ1) is 14.7. The van der Waals surface area contributed by atoms with E-state index in [2.05, 4.69) is 4.74 Å². The molecule has 0 atom stereocenters. The minimum atomic E-state index is -0.621. The van der Waals surface area contributed by atoms with E-state index in [1.807, 2.05) is 0 Å². The van der Waals surface area contributed by atoms with Crippen LogP contribution in [-0.2, 0) is 11.3 Å². The van der Waals surface area contributed by atoms with E-state index in [1.54, 1.807) is 24.3 Å². The Balaban J connectivity index is 2.15. The zero-order valence-corrected chi connectivity index (χ0v) is 11.3. The van der Waals surface area contributed by atoms with Gasteiger partial charge in [0.15, 0.2) is 0 Å². The highest BCUT2D eigenvalue weighted by molar-refractivity contribution is 5.91. The third kappa shape index (κ3) is 3.66. The lowest BCUT2D eigenvalue weighted by Crippen LogP contribution is -2.08. The van der Waals surface area contributed by atoms with Crippen LogP contribution >= 0.6 is 0 Å². The SMILES string of the molecule is COC(=O)c1cc(F)ccc1COc1ccc(C=O)cc1. The first-order chi connectivity index (χ1) is 10.1. The van der Waals surface area contributed by atoms with E-state index < -0.39 is 11.8 Å². The molecule has 2 aromatic carbocycles. The zero-order chi connectivity index (χ0) is 15.2. The lowest BCUT2D eigenvalue weighted by atomic mass is 10.1. The third-order valence-corrected chi connectivity index (χ3v) is 2.89. The van der Waals surface area contributed by atoms with Crippen LogP contribution in [0, 0.1) is 5.82 Å². The van der Waals surface area contributed by atoms with Gasteiger partial charge in [0.25, 0.3) is 0 Å². The van der Waals surface area contributed by atoms with Crippen molar-refractivity contribution in [1.82, 2.24) is 0 Å². The Morgan fingerprint density at radius 3 is 2.52 bits per heavy atom. The average molecular weight is 288 g/mol. The summed E-state index contributed by atoms with van der Waals surface area (Å²) in [5.74, 6) is -0.598. The summed E-state index contributed by atoms with van der Waals surface area (Å²) in [5.41, 5.74) is 1.18. The molecule has 0 saturated heterocycles. The molecule has 0 aromatic heterocycles. The van der Waals surface area contributed by atoms with Gasteiger partial charge in [-0.1, -0.05) is 6.07 Å². The van der Waals surface area contributed by atoms with E-state index in [0.29, 0.717) is 16.9 Å². The fourth-order valence-electron chi connectivity index (χ4n) is 1.78. The van der Waals surface area contributed by atoms with Crippen molar-refractivity contribution in [2.45, 2.75) is 6.61 Å². The summed E-state index contributed by atoms with van der Waals surface area (Å²) in [6.45, 7) is 0.0884. The van der Waals surface area contributed by atoms with E-state index >= 15 is 0 Å². The van der Waals surface area contributed by atoms with Gasteiger partial charge in [-0.3, -0.25) is 4.79 Å². The monoisotopic (exact) mass is 288 g/mol. The fourth-order valence-corrected chi connectivity index (χ4v) is 1.78. The second-order valence-electron chi connectivity index (χ2n) is 4.27. The molecule has 0 spiro atoms. The predicted molar refractivity (Wildman–Crippen MR) is 73.9 cm³/mol. The van der Waals surface area contributed by atoms with E-state index in [4.69, 9.17) is 4.74 Å². The molecule has 2 aromatic rings. The van der Waals surface area contributed by atoms with Crippen LogP contribution in [0.2, 0.25) is 0 Å². The number of methoxy groups -OCH3 is 1. The number of esters is 1. The molecule has 108 valence electrons. The Bertz CT molecular complexity index is 650. The summed E-state index contributed by atoms with van der Waals surface area (Å²) in [4.78, 5) is 22.2. The summed E-state index contributed by atoms with van der Waals surface area (Å²) in [6.07, 6.45) is 0.735. The number of halogens is 1. The van der Waals surface area contributed by atoms with E-state index in [9.17, 15) is 14.0 Å². The fraction of sp³-hybridized carbons (Fsp3) is 0.125. The smallest absolute Gasteiger partial charge is 0.338 e. The normalized spacial score (nSPS) is 10.0. The first-order valence-electron chi connectivity index (χ1n) is 6.19. The summed E-state index contributed by atoms with van der Waals surface area (Å²) < 4.78 is 23.3. The summed E-state index contributed by atoms with van der Waals surface area (Å²) >= 11 is 0. The number of aldehydes is 1. The Hall–Kier alpha value is -2.69. The van der Waals surface area contributed by atoms with Crippen molar-refractivity contribution in [3.05, 3.63) is 65.0 Å². The molecule has 0 aliphatic carbocycles. The van der Waals surface area contributed by atoms with Crippen molar-refractivity contribution in [2.24, 2.45) is 0 Å². The lowest BCUT2D eigenvalue weighted by molar-refractivity contribution is 0.0597. The molecule has 0 saturated carbocycles. The molecule has 0 aliphatic heterocycles. The van der Waals surface area contributed by atoms with Crippen molar-refractivity contribution in [3.8, 4) is 5.75 Å². The molecule has 0 bridgehead atoms. The van der Waals surface area contributed by atoms with Crippen molar-refractivity contribution in [1.29, 1.82) is 0 Å². The Morgan fingerprint density at radius 1 is 1.19 bits per heavy atom. The number of carbonyl (C=O) groups excluding carboxylic acids is 2. The number of ether oxygens (including phenoxy) is 2. The number of benzene rings is 2. The molecule has 0 aliphatic rings. The Kier molecular flexibility index (Phi) is 4.66. The van der Waals surface area contributed by atoms with Crippen LogP contribution in [0.5, 0.6) is 5.75 Å². The van der Waals surface area contributed by atoms with Gasteiger partial charge in [0.1, 0.15) is 24.5 Å². The molecular weight excluding hydrogens is 275 g/mol. The van der Waals surface area contributed by atoms with Crippen LogP contribution < -0.4 is 4.74 Å². The Morgan fingerprint density at radius 2 is 1.90 bits per heavy atom. The van der Waals surface area contributed by atoms with Crippen molar-refractivity contribution in [3.63, 3.8) is 0 Å². The molecule has 21 heavy (non-hydrogen) atoms. The van der Waals surface area contributed by atoms with Crippen molar-refractivity contribution >= 4 is 12.3 Å². The molecule has 5 heteroatoms. The van der Waals surface area contributed by atoms with Crippen molar-refractivity contribution in [2.75, 3.05) is 7.11 Å². The Labute approximate surface area is 121 Å². The van der Waals surface area contributed by atoms with Gasteiger partial charge in [-0.15, -0.1) is 0 Å². The molecule has 0 fully saturated rings. The van der Waals surface area contributed by atoms with Gasteiger partial charge in [0, 0.05) is 11.1 Å². The highest BCUT2D eigenvalue weighted by Crippen LogP contribution is 2.17. The van der Waals surface area contributed by atoms with Gasteiger partial charge in [-0.05, 0) is 36.4 Å². The maximum atomic E-state index is 13.2. The van der Waals surface area contributed by atoms with Gasteiger partial charge < -0.3 is 9.47 Å². The van der Waals surface area contributed by atoms with E-state index in [-0.39, 0.29) is 12.2 Å². The molecule has 0 radical (unpaired) electrons. The quantitative estimate of drug-likeness (QED) is 0.627. The van der Waals surface area contributed by atoms with Gasteiger partial charge in [-0.2, -0.15) is 0 Å². The molecule has 0 amide bonds. The average Bonchev–Trinajstić information content (AvgIpc) is 2.53. The van der Waals surface area contributed by atoms with Crippen LogP contribution in [0.3, 0.4) is 0 Å². The minimum Gasteiger partial charge on any atom is -0.489 e. The topological polar surface area (TPSA) is 52.6 Å². The van der Waals surface area contributed by atoms with Crippen LogP contribution in [0.4, 0.5) is 4.39 Å². The highest BCUT2D eigenvalue weighted by atomic mass is 19.1. The minimum absolute atomic E-state index is 0.0884.